The molecule has 0 aromatic heterocycles. The summed E-state index contributed by atoms with van der Waals surface area (Å²) in [6.45, 7) is 4.54. The molecule has 0 aliphatic heterocycles. The van der Waals surface area contributed by atoms with Gasteiger partial charge in [0.2, 0.25) is 0 Å². The highest BCUT2D eigenvalue weighted by atomic mass is 16.2. The number of hydrogen-bond acceptors (Lipinski definition) is 2. The third kappa shape index (κ3) is 5.11. The maximum absolute atomic E-state index is 12.1. The normalized spacial score (nSPS) is 9.91. The molecule has 4 heteroatoms. The summed E-state index contributed by atoms with van der Waals surface area (Å²) < 4.78 is 0. The lowest BCUT2D eigenvalue weighted by Crippen LogP contribution is -2.26. The summed E-state index contributed by atoms with van der Waals surface area (Å²) in [7, 11) is 0. The molecule has 0 fully saturated rings. The van der Waals surface area contributed by atoms with Crippen molar-refractivity contribution in [3.63, 3.8) is 0 Å². The van der Waals surface area contributed by atoms with Crippen molar-refractivity contribution >= 4 is 11.8 Å². The van der Waals surface area contributed by atoms with Crippen LogP contribution in [0.5, 0.6) is 0 Å². The van der Waals surface area contributed by atoms with Crippen LogP contribution in [0.4, 0.5) is 0 Å². The van der Waals surface area contributed by atoms with E-state index in [2.05, 4.69) is 17.2 Å². The van der Waals surface area contributed by atoms with Crippen LogP contribution in [0.15, 0.2) is 67.3 Å². The quantitative estimate of drug-likeness (QED) is 0.772. The zero-order chi connectivity index (χ0) is 16.5. The van der Waals surface area contributed by atoms with Crippen LogP contribution in [0.2, 0.25) is 0 Å². The van der Waals surface area contributed by atoms with Gasteiger partial charge in [0.1, 0.15) is 0 Å². The van der Waals surface area contributed by atoms with Crippen LogP contribution >= 0.6 is 0 Å². The Balaban J connectivity index is 1.85. The number of rotatable bonds is 7. The molecular formula is C19H20N2O2. The molecule has 2 aromatic rings. The van der Waals surface area contributed by atoms with E-state index in [1.54, 1.807) is 30.3 Å². The molecule has 0 unspecified atom stereocenters. The van der Waals surface area contributed by atoms with Gasteiger partial charge in [-0.25, -0.2) is 0 Å². The number of nitrogens with one attached hydrogen (secondary N) is 2. The Hall–Kier alpha value is -2.88. The Kier molecular flexibility index (Phi) is 6.12. The Labute approximate surface area is 136 Å². The Bertz CT molecular complexity index is 664. The van der Waals surface area contributed by atoms with Crippen LogP contribution in [0.3, 0.4) is 0 Å². The molecule has 0 atom stereocenters. The van der Waals surface area contributed by atoms with Crippen molar-refractivity contribution in [2.24, 2.45) is 0 Å². The standard InChI is InChI=1S/C19H20N2O2/c1-2-13-20-18(22)16-8-10-17(11-9-16)19(23)21-14-12-15-6-4-3-5-7-15/h2-11H,1,12-14H2,(H,20,22)(H,21,23). The van der Waals surface area contributed by atoms with Gasteiger partial charge >= 0.3 is 0 Å². The minimum atomic E-state index is -0.180. The highest BCUT2D eigenvalue weighted by molar-refractivity contribution is 5.97. The van der Waals surface area contributed by atoms with Crippen molar-refractivity contribution in [1.29, 1.82) is 0 Å². The summed E-state index contributed by atoms with van der Waals surface area (Å²) in [5.74, 6) is -0.320. The first-order valence-corrected chi connectivity index (χ1v) is 7.52. The molecule has 0 spiro atoms. The summed E-state index contributed by atoms with van der Waals surface area (Å²) in [5.41, 5.74) is 2.24. The smallest absolute Gasteiger partial charge is 0.251 e. The van der Waals surface area contributed by atoms with E-state index in [9.17, 15) is 9.59 Å². The molecule has 2 rings (SSSR count). The van der Waals surface area contributed by atoms with E-state index in [1.807, 2.05) is 30.3 Å². The number of amides is 2. The van der Waals surface area contributed by atoms with Gasteiger partial charge < -0.3 is 10.6 Å². The predicted molar refractivity (Wildman–Crippen MR) is 91.5 cm³/mol. The molecule has 0 aliphatic carbocycles. The summed E-state index contributed by atoms with van der Waals surface area (Å²) >= 11 is 0. The molecule has 118 valence electrons. The molecule has 0 saturated carbocycles. The Morgan fingerprint density at radius 3 is 2.00 bits per heavy atom. The van der Waals surface area contributed by atoms with Crippen molar-refractivity contribution < 1.29 is 9.59 Å². The second-order valence-electron chi connectivity index (χ2n) is 5.07. The summed E-state index contributed by atoms with van der Waals surface area (Å²) in [6.07, 6.45) is 2.40. The lowest BCUT2D eigenvalue weighted by molar-refractivity contribution is 0.0944. The van der Waals surface area contributed by atoms with E-state index in [0.29, 0.717) is 24.2 Å². The largest absolute Gasteiger partial charge is 0.352 e. The van der Waals surface area contributed by atoms with Crippen LogP contribution in [0.1, 0.15) is 26.3 Å². The highest BCUT2D eigenvalue weighted by Crippen LogP contribution is 2.05. The molecule has 2 amide bonds. The molecule has 2 aromatic carbocycles. The maximum Gasteiger partial charge on any atom is 0.251 e. The lowest BCUT2D eigenvalue weighted by Gasteiger charge is -2.07. The fraction of sp³-hybridized carbons (Fsp3) is 0.158. The summed E-state index contributed by atoms with van der Waals surface area (Å²) in [6, 6.07) is 16.6. The molecule has 2 N–H and O–H groups in total. The van der Waals surface area contributed by atoms with Crippen LogP contribution in [-0.2, 0) is 6.42 Å². The van der Waals surface area contributed by atoms with Gasteiger partial charge in [0, 0.05) is 24.2 Å². The third-order valence-electron chi connectivity index (χ3n) is 3.36. The molecule has 0 bridgehead atoms. The molecule has 23 heavy (non-hydrogen) atoms. The molecular weight excluding hydrogens is 288 g/mol. The van der Waals surface area contributed by atoms with Crippen LogP contribution < -0.4 is 10.6 Å². The maximum atomic E-state index is 12.1. The SMILES string of the molecule is C=CCNC(=O)c1ccc(C(=O)NCCc2ccccc2)cc1. The second-order valence-corrected chi connectivity index (χ2v) is 5.07. The zero-order valence-electron chi connectivity index (χ0n) is 12.9. The van der Waals surface area contributed by atoms with Crippen molar-refractivity contribution in [2.75, 3.05) is 13.1 Å². The summed E-state index contributed by atoms with van der Waals surface area (Å²) in [5, 5.41) is 5.57. The first kappa shape index (κ1) is 16.5. The van der Waals surface area contributed by atoms with Gasteiger partial charge in [-0.2, -0.15) is 0 Å². The monoisotopic (exact) mass is 308 g/mol. The van der Waals surface area contributed by atoms with Crippen LogP contribution in [0.25, 0.3) is 0 Å². The van der Waals surface area contributed by atoms with Crippen molar-refractivity contribution in [3.8, 4) is 0 Å². The fourth-order valence-electron chi connectivity index (χ4n) is 2.11. The fourth-order valence-corrected chi connectivity index (χ4v) is 2.11. The van der Waals surface area contributed by atoms with E-state index in [-0.39, 0.29) is 11.8 Å². The van der Waals surface area contributed by atoms with Crippen LogP contribution in [-0.4, -0.2) is 24.9 Å². The number of carbonyl (C=O) groups is 2. The first-order chi connectivity index (χ1) is 11.2. The highest BCUT2D eigenvalue weighted by Gasteiger charge is 2.08. The van der Waals surface area contributed by atoms with Gasteiger partial charge in [-0.1, -0.05) is 36.4 Å². The summed E-state index contributed by atoms with van der Waals surface area (Å²) in [4.78, 5) is 23.8. The molecule has 0 radical (unpaired) electrons. The molecule has 0 aliphatic rings. The van der Waals surface area contributed by atoms with Crippen molar-refractivity contribution in [1.82, 2.24) is 10.6 Å². The lowest BCUT2D eigenvalue weighted by atomic mass is 10.1. The number of benzene rings is 2. The van der Waals surface area contributed by atoms with Crippen LogP contribution in [0, 0.1) is 0 Å². The van der Waals surface area contributed by atoms with Crippen molar-refractivity contribution in [2.45, 2.75) is 6.42 Å². The van der Waals surface area contributed by atoms with E-state index in [1.165, 1.54) is 5.56 Å². The van der Waals surface area contributed by atoms with Gasteiger partial charge in [0.25, 0.3) is 11.8 Å². The molecule has 0 heterocycles. The van der Waals surface area contributed by atoms with Gasteiger partial charge in [-0.05, 0) is 36.2 Å². The minimum Gasteiger partial charge on any atom is -0.352 e. The average Bonchev–Trinajstić information content (AvgIpc) is 2.60. The molecule has 4 nitrogen and oxygen atoms in total. The van der Waals surface area contributed by atoms with E-state index in [4.69, 9.17) is 0 Å². The number of carbonyl (C=O) groups excluding carboxylic acids is 2. The van der Waals surface area contributed by atoms with Gasteiger partial charge in [-0.3, -0.25) is 9.59 Å². The van der Waals surface area contributed by atoms with Gasteiger partial charge in [0.05, 0.1) is 0 Å². The zero-order valence-corrected chi connectivity index (χ0v) is 12.9. The third-order valence-corrected chi connectivity index (χ3v) is 3.36. The van der Waals surface area contributed by atoms with E-state index >= 15 is 0 Å². The Morgan fingerprint density at radius 1 is 0.870 bits per heavy atom. The van der Waals surface area contributed by atoms with E-state index in [0.717, 1.165) is 6.42 Å². The first-order valence-electron chi connectivity index (χ1n) is 7.52. The van der Waals surface area contributed by atoms with Crippen molar-refractivity contribution in [3.05, 3.63) is 83.9 Å². The second kappa shape index (κ2) is 8.54. The minimum absolute atomic E-state index is 0.140. The molecule has 0 saturated heterocycles. The topological polar surface area (TPSA) is 58.2 Å². The van der Waals surface area contributed by atoms with Gasteiger partial charge in [0.15, 0.2) is 0 Å². The Morgan fingerprint density at radius 2 is 1.43 bits per heavy atom. The number of hydrogen-bond donors (Lipinski definition) is 2. The van der Waals surface area contributed by atoms with Gasteiger partial charge in [-0.15, -0.1) is 6.58 Å². The predicted octanol–water partition coefficient (Wildman–Crippen LogP) is 2.57. The van der Waals surface area contributed by atoms with E-state index < -0.39 is 0 Å². The average molecular weight is 308 g/mol.